The molecule has 0 bridgehead atoms. The number of hydrogen-bond donors (Lipinski definition) is 2. The molecule has 0 aromatic carbocycles. The second-order valence-corrected chi connectivity index (χ2v) is 5.07. The van der Waals surface area contributed by atoms with Gasteiger partial charge in [-0.1, -0.05) is 0 Å². The van der Waals surface area contributed by atoms with Crippen molar-refractivity contribution in [2.24, 2.45) is 0 Å². The van der Waals surface area contributed by atoms with E-state index in [1.54, 1.807) is 24.5 Å². The standard InChI is InChI=1S/C12H13N3O4S/c1-19-12(18)10-9(11(17)15-10)14-8(16)6-20-7-2-4-13-5-3-7/h2-5,9-10H,6H2,1H3,(H,14,16)(H,15,17)/t9-,10-/m1/s1. The van der Waals surface area contributed by atoms with Crippen LogP contribution in [0.25, 0.3) is 0 Å². The third-order valence-corrected chi connectivity index (χ3v) is 3.72. The molecule has 20 heavy (non-hydrogen) atoms. The summed E-state index contributed by atoms with van der Waals surface area (Å²) < 4.78 is 4.53. The molecule has 2 N–H and O–H groups in total. The minimum Gasteiger partial charge on any atom is -0.467 e. The summed E-state index contributed by atoms with van der Waals surface area (Å²) in [6.07, 6.45) is 3.26. The third-order valence-electron chi connectivity index (χ3n) is 2.70. The van der Waals surface area contributed by atoms with Crippen molar-refractivity contribution in [3.05, 3.63) is 24.5 Å². The van der Waals surface area contributed by atoms with E-state index in [1.165, 1.54) is 18.9 Å². The van der Waals surface area contributed by atoms with Crippen molar-refractivity contribution >= 4 is 29.5 Å². The lowest BCUT2D eigenvalue weighted by molar-refractivity contribution is -0.153. The van der Waals surface area contributed by atoms with Gasteiger partial charge in [0, 0.05) is 17.3 Å². The molecule has 1 saturated heterocycles. The molecular weight excluding hydrogens is 282 g/mol. The Hall–Kier alpha value is -2.09. The van der Waals surface area contributed by atoms with Gasteiger partial charge >= 0.3 is 5.97 Å². The van der Waals surface area contributed by atoms with Crippen LogP contribution in [0.1, 0.15) is 0 Å². The quantitative estimate of drug-likeness (QED) is 0.425. The minimum absolute atomic E-state index is 0.154. The molecule has 0 unspecified atom stereocenters. The van der Waals surface area contributed by atoms with Crippen molar-refractivity contribution in [2.45, 2.75) is 17.0 Å². The summed E-state index contributed by atoms with van der Waals surface area (Å²) in [6.45, 7) is 0. The van der Waals surface area contributed by atoms with Crippen molar-refractivity contribution in [3.63, 3.8) is 0 Å². The number of rotatable bonds is 5. The van der Waals surface area contributed by atoms with Gasteiger partial charge in [-0.2, -0.15) is 0 Å². The maximum absolute atomic E-state index is 11.7. The SMILES string of the molecule is COC(=O)[C@@H]1NC(=O)[C@@H]1NC(=O)CSc1ccncc1. The van der Waals surface area contributed by atoms with Crippen LogP contribution in [0, 0.1) is 0 Å². The summed E-state index contributed by atoms with van der Waals surface area (Å²) in [7, 11) is 1.23. The molecule has 0 radical (unpaired) electrons. The monoisotopic (exact) mass is 295 g/mol. The lowest BCUT2D eigenvalue weighted by Crippen LogP contribution is -2.72. The van der Waals surface area contributed by atoms with Gasteiger partial charge < -0.3 is 15.4 Å². The first kappa shape index (κ1) is 14.3. The van der Waals surface area contributed by atoms with Crippen LogP contribution < -0.4 is 10.6 Å². The van der Waals surface area contributed by atoms with Crippen LogP contribution in [-0.4, -0.2) is 47.7 Å². The van der Waals surface area contributed by atoms with E-state index in [4.69, 9.17) is 0 Å². The summed E-state index contributed by atoms with van der Waals surface area (Å²) in [5.74, 6) is -1.12. The van der Waals surface area contributed by atoms with E-state index in [2.05, 4.69) is 20.4 Å². The molecule has 0 spiro atoms. The Balaban J connectivity index is 1.82. The molecule has 2 atom stereocenters. The molecule has 2 rings (SSSR count). The molecule has 7 nitrogen and oxygen atoms in total. The summed E-state index contributed by atoms with van der Waals surface area (Å²) in [5, 5.41) is 4.89. The number of nitrogens with one attached hydrogen (secondary N) is 2. The number of pyridine rings is 1. The molecule has 1 fully saturated rings. The van der Waals surface area contributed by atoms with Crippen LogP contribution in [0.3, 0.4) is 0 Å². The highest BCUT2D eigenvalue weighted by Gasteiger charge is 2.45. The Morgan fingerprint density at radius 1 is 1.45 bits per heavy atom. The van der Waals surface area contributed by atoms with Gasteiger partial charge in [0.1, 0.15) is 6.04 Å². The number of hydrogen-bond acceptors (Lipinski definition) is 6. The molecular formula is C12H13N3O4S. The van der Waals surface area contributed by atoms with E-state index in [0.29, 0.717) is 0 Å². The van der Waals surface area contributed by atoms with Crippen molar-refractivity contribution in [3.8, 4) is 0 Å². The van der Waals surface area contributed by atoms with Gasteiger partial charge in [0.2, 0.25) is 11.8 Å². The van der Waals surface area contributed by atoms with Crippen LogP contribution in [0.4, 0.5) is 0 Å². The Morgan fingerprint density at radius 3 is 2.75 bits per heavy atom. The predicted octanol–water partition coefficient (Wildman–Crippen LogP) is -0.670. The van der Waals surface area contributed by atoms with E-state index in [-0.39, 0.29) is 17.6 Å². The number of ether oxygens (including phenoxy) is 1. The number of β-lactam (4-membered cyclic amide) rings is 1. The third kappa shape index (κ3) is 3.27. The lowest BCUT2D eigenvalue weighted by Gasteiger charge is -2.34. The number of nitrogens with zero attached hydrogens (tertiary/aromatic N) is 1. The molecule has 1 aromatic rings. The van der Waals surface area contributed by atoms with Crippen molar-refractivity contribution < 1.29 is 19.1 Å². The molecule has 1 aliphatic rings. The number of carbonyl (C=O) groups excluding carboxylic acids is 3. The Bertz CT molecular complexity index is 523. The summed E-state index contributed by atoms with van der Waals surface area (Å²) >= 11 is 1.32. The van der Waals surface area contributed by atoms with Crippen LogP contribution in [0.15, 0.2) is 29.4 Å². The number of amides is 2. The van der Waals surface area contributed by atoms with E-state index < -0.39 is 18.1 Å². The van der Waals surface area contributed by atoms with E-state index in [1.807, 2.05) is 0 Å². The molecule has 2 heterocycles. The summed E-state index contributed by atoms with van der Waals surface area (Å²) in [6, 6.07) is 1.91. The fraction of sp³-hybridized carbons (Fsp3) is 0.333. The zero-order valence-corrected chi connectivity index (χ0v) is 11.5. The van der Waals surface area contributed by atoms with Gasteiger partial charge in [0.25, 0.3) is 0 Å². The molecule has 2 amide bonds. The largest absolute Gasteiger partial charge is 0.467 e. The predicted molar refractivity (Wildman–Crippen MR) is 70.8 cm³/mol. The van der Waals surface area contributed by atoms with Crippen LogP contribution in [0.2, 0.25) is 0 Å². The number of carbonyl (C=O) groups is 3. The Morgan fingerprint density at radius 2 is 2.15 bits per heavy atom. The maximum atomic E-state index is 11.7. The van der Waals surface area contributed by atoms with Crippen molar-refractivity contribution in [1.29, 1.82) is 0 Å². The fourth-order valence-electron chi connectivity index (χ4n) is 1.65. The van der Waals surface area contributed by atoms with E-state index >= 15 is 0 Å². The average molecular weight is 295 g/mol. The van der Waals surface area contributed by atoms with Gasteiger partial charge in [-0.15, -0.1) is 11.8 Å². The Labute approximate surface area is 119 Å². The Kier molecular flexibility index (Phi) is 4.57. The zero-order valence-electron chi connectivity index (χ0n) is 10.7. The van der Waals surface area contributed by atoms with Crippen molar-refractivity contribution in [2.75, 3.05) is 12.9 Å². The fourth-order valence-corrected chi connectivity index (χ4v) is 2.35. The van der Waals surface area contributed by atoms with E-state index in [0.717, 1.165) is 4.90 Å². The number of methoxy groups -OCH3 is 1. The van der Waals surface area contributed by atoms with Crippen LogP contribution in [0.5, 0.6) is 0 Å². The minimum atomic E-state index is -0.854. The highest BCUT2D eigenvalue weighted by atomic mass is 32.2. The number of aromatic nitrogens is 1. The second-order valence-electron chi connectivity index (χ2n) is 4.03. The van der Waals surface area contributed by atoms with Gasteiger partial charge in [0.05, 0.1) is 12.9 Å². The van der Waals surface area contributed by atoms with E-state index in [9.17, 15) is 14.4 Å². The van der Waals surface area contributed by atoms with Crippen LogP contribution in [-0.2, 0) is 19.1 Å². The number of thioether (sulfide) groups is 1. The van der Waals surface area contributed by atoms with Gasteiger partial charge in [-0.3, -0.25) is 14.6 Å². The highest BCUT2D eigenvalue weighted by Crippen LogP contribution is 2.16. The summed E-state index contributed by atoms with van der Waals surface area (Å²) in [5.41, 5.74) is 0. The normalized spacial score (nSPS) is 20.6. The van der Waals surface area contributed by atoms with Crippen molar-refractivity contribution in [1.82, 2.24) is 15.6 Å². The summed E-state index contributed by atoms with van der Waals surface area (Å²) in [4.78, 5) is 39.1. The zero-order chi connectivity index (χ0) is 14.5. The van der Waals surface area contributed by atoms with Gasteiger partial charge in [0.15, 0.2) is 6.04 Å². The number of esters is 1. The topological polar surface area (TPSA) is 97.4 Å². The smallest absolute Gasteiger partial charge is 0.331 e. The van der Waals surface area contributed by atoms with Gasteiger partial charge in [-0.25, -0.2) is 4.79 Å². The second kappa shape index (κ2) is 6.38. The van der Waals surface area contributed by atoms with Crippen LogP contribution >= 0.6 is 11.8 Å². The molecule has 0 saturated carbocycles. The first-order valence-corrected chi connectivity index (χ1v) is 6.81. The first-order chi connectivity index (χ1) is 9.61. The molecule has 106 valence electrons. The first-order valence-electron chi connectivity index (χ1n) is 5.82. The van der Waals surface area contributed by atoms with Gasteiger partial charge in [-0.05, 0) is 12.1 Å². The average Bonchev–Trinajstić information content (AvgIpc) is 2.48. The molecule has 0 aliphatic carbocycles. The molecule has 8 heteroatoms. The molecule has 1 aromatic heterocycles. The maximum Gasteiger partial charge on any atom is 0.331 e. The highest BCUT2D eigenvalue weighted by molar-refractivity contribution is 8.00. The molecule has 1 aliphatic heterocycles. The lowest BCUT2D eigenvalue weighted by atomic mass is 9.99.